The molecule has 6 heteroatoms. The minimum absolute atomic E-state index is 0.112. The molecule has 1 fully saturated rings. The quantitative estimate of drug-likeness (QED) is 0.777. The van der Waals surface area contributed by atoms with E-state index < -0.39 is 0 Å². The van der Waals surface area contributed by atoms with E-state index in [1.54, 1.807) is 20.4 Å². The summed E-state index contributed by atoms with van der Waals surface area (Å²) >= 11 is 0. The molecule has 1 saturated carbocycles. The number of fused-ring (bicyclic) bond motifs is 1. The van der Waals surface area contributed by atoms with E-state index in [9.17, 15) is 4.79 Å². The summed E-state index contributed by atoms with van der Waals surface area (Å²) in [4.78, 5) is 16.6. The summed E-state index contributed by atoms with van der Waals surface area (Å²) < 4.78 is 12.5. The van der Waals surface area contributed by atoms with Crippen molar-refractivity contribution in [1.29, 1.82) is 0 Å². The normalized spacial score (nSPS) is 13.7. The Labute approximate surface area is 145 Å². The van der Waals surface area contributed by atoms with Gasteiger partial charge in [-0.1, -0.05) is 6.07 Å². The molecule has 1 aliphatic carbocycles. The van der Waals surface area contributed by atoms with Crippen molar-refractivity contribution in [2.75, 3.05) is 14.2 Å². The van der Waals surface area contributed by atoms with Crippen LogP contribution in [0.15, 0.2) is 42.7 Å². The zero-order valence-corrected chi connectivity index (χ0v) is 14.2. The topological polar surface area (TPSA) is 64.9 Å². The van der Waals surface area contributed by atoms with Gasteiger partial charge in [0.25, 0.3) is 5.91 Å². The van der Waals surface area contributed by atoms with Gasteiger partial charge in [0.15, 0.2) is 11.5 Å². The first-order valence-corrected chi connectivity index (χ1v) is 8.20. The number of methoxy groups -OCH3 is 2. The van der Waals surface area contributed by atoms with Crippen LogP contribution in [0.1, 0.15) is 23.3 Å². The molecule has 0 spiro atoms. The molecule has 1 aliphatic rings. The molecule has 3 aromatic rings. The van der Waals surface area contributed by atoms with Crippen molar-refractivity contribution in [1.82, 2.24) is 14.7 Å². The van der Waals surface area contributed by atoms with Gasteiger partial charge in [0.05, 0.1) is 14.2 Å². The standard InChI is InChI=1S/C19H19N3O3/c1-24-16-7-3-12(9-17(16)25-2)13-4-8-18-21-15(11-22(18)10-13)19(23)20-14-5-6-14/h3-4,7-11,14H,5-6H2,1-2H3,(H,20,23). The van der Waals surface area contributed by atoms with Crippen LogP contribution in [-0.2, 0) is 0 Å². The van der Waals surface area contributed by atoms with E-state index in [-0.39, 0.29) is 5.91 Å². The van der Waals surface area contributed by atoms with Crippen molar-refractivity contribution in [2.45, 2.75) is 18.9 Å². The highest BCUT2D eigenvalue weighted by atomic mass is 16.5. The van der Waals surface area contributed by atoms with E-state index in [1.807, 2.05) is 40.9 Å². The number of benzene rings is 1. The largest absolute Gasteiger partial charge is 0.493 e. The Morgan fingerprint density at radius 2 is 1.84 bits per heavy atom. The zero-order chi connectivity index (χ0) is 17.4. The monoisotopic (exact) mass is 337 g/mol. The van der Waals surface area contributed by atoms with Crippen LogP contribution in [0.2, 0.25) is 0 Å². The van der Waals surface area contributed by atoms with E-state index in [0.29, 0.717) is 23.2 Å². The van der Waals surface area contributed by atoms with Gasteiger partial charge in [-0.2, -0.15) is 0 Å². The lowest BCUT2D eigenvalue weighted by molar-refractivity contribution is 0.0946. The lowest BCUT2D eigenvalue weighted by Crippen LogP contribution is -2.25. The Hall–Kier alpha value is -3.02. The summed E-state index contributed by atoms with van der Waals surface area (Å²) in [5, 5.41) is 2.96. The minimum Gasteiger partial charge on any atom is -0.493 e. The van der Waals surface area contributed by atoms with E-state index in [0.717, 1.165) is 29.6 Å². The molecule has 0 unspecified atom stereocenters. The third-order valence-corrected chi connectivity index (χ3v) is 4.31. The number of ether oxygens (including phenoxy) is 2. The summed E-state index contributed by atoms with van der Waals surface area (Å²) in [7, 11) is 3.23. The first-order valence-electron chi connectivity index (χ1n) is 8.20. The Morgan fingerprint density at radius 3 is 2.56 bits per heavy atom. The number of pyridine rings is 1. The van der Waals surface area contributed by atoms with Gasteiger partial charge in [-0.05, 0) is 48.2 Å². The fraction of sp³-hybridized carbons (Fsp3) is 0.263. The van der Waals surface area contributed by atoms with E-state index >= 15 is 0 Å². The lowest BCUT2D eigenvalue weighted by Gasteiger charge is -2.10. The highest BCUT2D eigenvalue weighted by Crippen LogP contribution is 2.32. The molecule has 25 heavy (non-hydrogen) atoms. The molecule has 6 nitrogen and oxygen atoms in total. The predicted octanol–water partition coefficient (Wildman–Crippen LogP) is 2.91. The third kappa shape index (κ3) is 3.03. The van der Waals surface area contributed by atoms with Gasteiger partial charge in [-0.15, -0.1) is 0 Å². The molecule has 2 aromatic heterocycles. The molecule has 1 amide bonds. The number of carbonyl (C=O) groups excluding carboxylic acids is 1. The number of aromatic nitrogens is 2. The van der Waals surface area contributed by atoms with Crippen LogP contribution in [0.4, 0.5) is 0 Å². The van der Waals surface area contributed by atoms with Crippen LogP contribution in [0, 0.1) is 0 Å². The Balaban J connectivity index is 1.67. The fourth-order valence-corrected chi connectivity index (χ4v) is 2.77. The fourth-order valence-electron chi connectivity index (χ4n) is 2.77. The van der Waals surface area contributed by atoms with Crippen LogP contribution in [0.5, 0.6) is 11.5 Å². The first-order chi connectivity index (χ1) is 12.2. The number of hydrogen-bond acceptors (Lipinski definition) is 4. The number of amides is 1. The van der Waals surface area contributed by atoms with Crippen LogP contribution in [0.3, 0.4) is 0 Å². The minimum atomic E-state index is -0.112. The summed E-state index contributed by atoms with van der Waals surface area (Å²) in [6, 6.07) is 9.98. The van der Waals surface area contributed by atoms with Gasteiger partial charge in [-0.25, -0.2) is 4.98 Å². The molecular weight excluding hydrogens is 318 g/mol. The number of hydrogen-bond donors (Lipinski definition) is 1. The molecular formula is C19H19N3O3. The molecule has 0 saturated heterocycles. The Kier molecular flexibility index (Phi) is 3.80. The molecule has 4 rings (SSSR count). The highest BCUT2D eigenvalue weighted by molar-refractivity contribution is 5.93. The summed E-state index contributed by atoms with van der Waals surface area (Å²) in [6.07, 6.45) is 5.83. The lowest BCUT2D eigenvalue weighted by atomic mass is 10.1. The van der Waals surface area contributed by atoms with Gasteiger partial charge in [0.1, 0.15) is 11.3 Å². The number of nitrogens with one attached hydrogen (secondary N) is 1. The van der Waals surface area contributed by atoms with Gasteiger partial charge < -0.3 is 19.2 Å². The Bertz CT molecular complexity index is 944. The molecule has 0 aliphatic heterocycles. The second-order valence-electron chi connectivity index (χ2n) is 6.13. The number of nitrogens with zero attached hydrogens (tertiary/aromatic N) is 2. The average Bonchev–Trinajstić information content (AvgIpc) is 3.35. The van der Waals surface area contributed by atoms with Crippen molar-refractivity contribution in [2.24, 2.45) is 0 Å². The Morgan fingerprint density at radius 1 is 1.08 bits per heavy atom. The SMILES string of the molecule is COc1ccc(-c2ccc3nc(C(=O)NC4CC4)cn3c2)cc1OC. The second-order valence-corrected chi connectivity index (χ2v) is 6.13. The smallest absolute Gasteiger partial charge is 0.271 e. The van der Waals surface area contributed by atoms with E-state index in [2.05, 4.69) is 10.3 Å². The number of rotatable bonds is 5. The second kappa shape index (κ2) is 6.12. The molecule has 128 valence electrons. The summed E-state index contributed by atoms with van der Waals surface area (Å²) in [5.41, 5.74) is 3.18. The zero-order valence-electron chi connectivity index (χ0n) is 14.2. The van der Waals surface area contributed by atoms with Crippen LogP contribution in [-0.4, -0.2) is 35.6 Å². The van der Waals surface area contributed by atoms with Crippen LogP contribution < -0.4 is 14.8 Å². The van der Waals surface area contributed by atoms with Crippen LogP contribution >= 0.6 is 0 Å². The molecule has 0 radical (unpaired) electrons. The molecule has 0 bridgehead atoms. The maximum atomic E-state index is 12.2. The molecule has 1 N–H and O–H groups in total. The van der Waals surface area contributed by atoms with Crippen molar-refractivity contribution >= 4 is 11.6 Å². The van der Waals surface area contributed by atoms with Crippen molar-refractivity contribution in [3.8, 4) is 22.6 Å². The van der Waals surface area contributed by atoms with Crippen LogP contribution in [0.25, 0.3) is 16.8 Å². The van der Waals surface area contributed by atoms with Gasteiger partial charge >= 0.3 is 0 Å². The van der Waals surface area contributed by atoms with E-state index in [4.69, 9.17) is 9.47 Å². The maximum absolute atomic E-state index is 12.2. The highest BCUT2D eigenvalue weighted by Gasteiger charge is 2.24. The first kappa shape index (κ1) is 15.5. The summed E-state index contributed by atoms with van der Waals surface area (Å²) in [6.45, 7) is 0. The van der Waals surface area contributed by atoms with Gasteiger partial charge in [0, 0.05) is 18.4 Å². The van der Waals surface area contributed by atoms with Gasteiger partial charge in [-0.3, -0.25) is 4.79 Å². The third-order valence-electron chi connectivity index (χ3n) is 4.31. The van der Waals surface area contributed by atoms with Crippen molar-refractivity contribution in [3.63, 3.8) is 0 Å². The molecule has 2 heterocycles. The molecule has 0 atom stereocenters. The molecule has 1 aromatic carbocycles. The number of imidazole rings is 1. The average molecular weight is 337 g/mol. The van der Waals surface area contributed by atoms with Crippen molar-refractivity contribution < 1.29 is 14.3 Å². The number of carbonyl (C=O) groups is 1. The van der Waals surface area contributed by atoms with Gasteiger partial charge in [0.2, 0.25) is 0 Å². The predicted molar refractivity (Wildman–Crippen MR) is 94.2 cm³/mol. The van der Waals surface area contributed by atoms with Crippen molar-refractivity contribution in [3.05, 3.63) is 48.4 Å². The maximum Gasteiger partial charge on any atom is 0.271 e. The summed E-state index contributed by atoms with van der Waals surface area (Å²) in [5.74, 6) is 1.25. The van der Waals surface area contributed by atoms with E-state index in [1.165, 1.54) is 0 Å².